The highest BCUT2D eigenvalue weighted by molar-refractivity contribution is 9.10. The summed E-state index contributed by atoms with van der Waals surface area (Å²) in [6.07, 6.45) is 3.59. The van der Waals surface area contributed by atoms with Crippen molar-refractivity contribution in [2.24, 2.45) is 5.16 Å². The van der Waals surface area contributed by atoms with Crippen molar-refractivity contribution in [2.75, 3.05) is 18.6 Å². The van der Waals surface area contributed by atoms with E-state index in [1.165, 1.54) is 18.9 Å². The predicted molar refractivity (Wildman–Crippen MR) is 119 cm³/mol. The molecule has 2 aliphatic rings. The number of thioether (sulfide) groups is 1. The van der Waals surface area contributed by atoms with Crippen molar-refractivity contribution in [1.82, 2.24) is 19.6 Å². The maximum absolute atomic E-state index is 12.9. The minimum absolute atomic E-state index is 0.0413. The van der Waals surface area contributed by atoms with Gasteiger partial charge in [-0.2, -0.15) is 13.9 Å². The number of anilines is 1. The number of aliphatic carboxylic acids is 1. The van der Waals surface area contributed by atoms with Gasteiger partial charge in [-0.25, -0.2) is 0 Å². The van der Waals surface area contributed by atoms with Crippen LogP contribution in [0.1, 0.15) is 5.82 Å². The number of aromatic nitrogens is 3. The van der Waals surface area contributed by atoms with Crippen molar-refractivity contribution in [2.45, 2.75) is 18.0 Å². The van der Waals surface area contributed by atoms with E-state index in [2.05, 4.69) is 35.8 Å². The molecular formula is C18H16BrN7O5S2. The highest BCUT2D eigenvalue weighted by atomic mass is 79.9. The normalized spacial score (nSPS) is 20.2. The lowest BCUT2D eigenvalue weighted by Crippen LogP contribution is -2.71. The molecule has 0 spiro atoms. The lowest BCUT2D eigenvalue weighted by molar-refractivity contribution is -0.689. The second-order valence-electron chi connectivity index (χ2n) is 6.87. The van der Waals surface area contributed by atoms with Crippen molar-refractivity contribution in [3.8, 4) is 0 Å². The summed E-state index contributed by atoms with van der Waals surface area (Å²) in [5.74, 6) is -2.47. The molecule has 4 rings (SSSR count). The highest BCUT2D eigenvalue weighted by Crippen LogP contribution is 2.40. The molecule has 2 aromatic heterocycles. The number of oxime groups is 1. The van der Waals surface area contributed by atoms with Crippen molar-refractivity contribution in [1.29, 1.82) is 0 Å². The van der Waals surface area contributed by atoms with Gasteiger partial charge in [0, 0.05) is 28.9 Å². The van der Waals surface area contributed by atoms with Gasteiger partial charge in [0.25, 0.3) is 11.8 Å². The fraction of sp³-hybridized carbons (Fsp3) is 0.278. The van der Waals surface area contributed by atoms with Crippen LogP contribution in [0.2, 0.25) is 0 Å². The number of carbonyl (C=O) groups excluding carboxylic acids is 3. The Kier molecular flexibility index (Phi) is 6.62. The molecule has 15 heteroatoms. The van der Waals surface area contributed by atoms with E-state index in [4.69, 9.17) is 10.6 Å². The van der Waals surface area contributed by atoms with Crippen LogP contribution in [0.5, 0.6) is 0 Å². The lowest BCUT2D eigenvalue weighted by atomic mass is 10.0. The van der Waals surface area contributed by atoms with Crippen molar-refractivity contribution in [3.05, 3.63) is 46.1 Å². The number of carboxylic acids is 1. The molecule has 12 nitrogen and oxygen atoms in total. The quantitative estimate of drug-likeness (QED) is 0.182. The van der Waals surface area contributed by atoms with E-state index in [0.29, 0.717) is 11.3 Å². The second-order valence-corrected chi connectivity index (χ2v) is 9.68. The average molecular weight is 554 g/mol. The molecule has 4 heterocycles. The molecule has 1 fully saturated rings. The number of halogens is 1. The maximum atomic E-state index is 12.9. The predicted octanol–water partition coefficient (Wildman–Crippen LogP) is -1.38. The van der Waals surface area contributed by atoms with Gasteiger partial charge in [-0.05, 0) is 22.0 Å². The van der Waals surface area contributed by atoms with E-state index in [0.717, 1.165) is 20.9 Å². The molecular weight excluding hydrogens is 538 g/mol. The number of nitrogen functional groups attached to an aromatic ring is 1. The largest absolute Gasteiger partial charge is 0.543 e. The molecule has 0 aromatic carbocycles. The Labute approximate surface area is 203 Å². The average Bonchev–Trinajstić information content (AvgIpc) is 3.21. The molecule has 172 valence electrons. The molecule has 2 atom stereocenters. The molecule has 2 aliphatic heterocycles. The summed E-state index contributed by atoms with van der Waals surface area (Å²) >= 11 is 5.59. The molecule has 1 saturated heterocycles. The summed E-state index contributed by atoms with van der Waals surface area (Å²) in [5, 5.41) is 17.7. The van der Waals surface area contributed by atoms with Gasteiger partial charge < -0.3 is 25.8 Å². The summed E-state index contributed by atoms with van der Waals surface area (Å²) < 4.78 is 6.56. The number of nitrogens with one attached hydrogen (secondary N) is 1. The Balaban J connectivity index is 1.54. The van der Waals surface area contributed by atoms with Crippen LogP contribution in [0, 0.1) is 0 Å². The van der Waals surface area contributed by atoms with Crippen molar-refractivity contribution >= 4 is 67.9 Å². The van der Waals surface area contributed by atoms with Gasteiger partial charge in [-0.1, -0.05) is 5.16 Å². The summed E-state index contributed by atoms with van der Waals surface area (Å²) in [5.41, 5.74) is 5.66. The molecule has 0 radical (unpaired) electrons. The number of rotatable bonds is 7. The topological polar surface area (TPSA) is 167 Å². The van der Waals surface area contributed by atoms with Gasteiger partial charge >= 0.3 is 0 Å². The first-order valence-electron chi connectivity index (χ1n) is 9.34. The van der Waals surface area contributed by atoms with Crippen LogP contribution in [0.15, 0.2) is 45.4 Å². The van der Waals surface area contributed by atoms with E-state index in [9.17, 15) is 19.5 Å². The number of β-lactam (4-membered cyclic amide) rings is 1. The molecule has 33 heavy (non-hydrogen) atoms. The number of hydrogen-bond acceptors (Lipinski definition) is 11. The fourth-order valence-electron chi connectivity index (χ4n) is 3.42. The Morgan fingerprint density at radius 3 is 2.94 bits per heavy atom. The summed E-state index contributed by atoms with van der Waals surface area (Å²) in [6.45, 7) is 0.269. The van der Waals surface area contributed by atoms with Gasteiger partial charge in [-0.3, -0.25) is 14.5 Å². The van der Waals surface area contributed by atoms with Crippen molar-refractivity contribution < 1.29 is 28.9 Å². The van der Waals surface area contributed by atoms with Crippen LogP contribution in [-0.2, 0) is 25.8 Å². The monoisotopic (exact) mass is 553 g/mol. The minimum atomic E-state index is -1.45. The third-order valence-electron chi connectivity index (χ3n) is 4.77. The number of nitrogens with two attached hydrogens (primary N) is 1. The summed E-state index contributed by atoms with van der Waals surface area (Å²) in [4.78, 5) is 47.3. The van der Waals surface area contributed by atoms with E-state index in [1.807, 2.05) is 12.1 Å². The Hall–Kier alpha value is -3.04. The number of pyridine rings is 1. The fourth-order valence-corrected chi connectivity index (χ4v) is 5.60. The first-order chi connectivity index (χ1) is 15.8. The first kappa shape index (κ1) is 23.1. The molecule has 0 aliphatic carbocycles. The van der Waals surface area contributed by atoms with Gasteiger partial charge in [0.1, 0.15) is 18.5 Å². The van der Waals surface area contributed by atoms with Crippen LogP contribution in [0.4, 0.5) is 5.13 Å². The molecule has 2 amide bonds. The minimum Gasteiger partial charge on any atom is -0.543 e. The first-order valence-corrected chi connectivity index (χ1v) is 12.0. The van der Waals surface area contributed by atoms with Gasteiger partial charge in [-0.15, -0.1) is 11.8 Å². The van der Waals surface area contributed by atoms with Gasteiger partial charge in [0.05, 0.1) is 16.1 Å². The smallest absolute Gasteiger partial charge is 0.278 e. The number of fused-ring (bicyclic) bond motifs is 1. The SMILES string of the molecule is CO/N=C(\C(=O)N[C@@H]1C(=O)N2C(C(=O)[O-])=C(C[n+]3cccc(Br)c3)CS[C@@H]12)c1nsc(N)n1. The summed E-state index contributed by atoms with van der Waals surface area (Å²) in [6, 6.07) is 2.70. The standard InChI is InChI=1S/C18H16BrN7O5S2/c1-31-23-10(13-22-18(20)33-24-13)14(27)21-11-15(28)26-12(17(29)30)8(7-32-16(11)26)5-25-4-2-3-9(19)6-25/h2-4,6,11,16H,5,7H2,1H3,(H3-,20,21,22,24,27,29,30)/b23-10-/t11-,16+/m1/s1. The molecule has 0 unspecified atom stereocenters. The number of carbonyl (C=O) groups is 3. The number of hydrogen-bond donors (Lipinski definition) is 2. The van der Waals surface area contributed by atoms with E-state index < -0.39 is 29.2 Å². The Morgan fingerprint density at radius 1 is 1.52 bits per heavy atom. The van der Waals surface area contributed by atoms with E-state index >= 15 is 0 Å². The second kappa shape index (κ2) is 9.44. The van der Waals surface area contributed by atoms with Crippen LogP contribution >= 0.6 is 39.2 Å². The number of nitrogens with zero attached hydrogens (tertiary/aromatic N) is 5. The Morgan fingerprint density at radius 2 is 2.30 bits per heavy atom. The van der Waals surface area contributed by atoms with Crippen molar-refractivity contribution in [3.63, 3.8) is 0 Å². The van der Waals surface area contributed by atoms with E-state index in [1.54, 1.807) is 17.0 Å². The zero-order valence-corrected chi connectivity index (χ0v) is 20.1. The number of carboxylic acid groups (broad SMARTS) is 1. The zero-order chi connectivity index (χ0) is 23.7. The zero-order valence-electron chi connectivity index (χ0n) is 16.9. The van der Waals surface area contributed by atoms with Crippen LogP contribution in [-0.4, -0.2) is 62.0 Å². The number of amides is 2. The lowest BCUT2D eigenvalue weighted by Gasteiger charge is -2.50. The molecule has 3 N–H and O–H groups in total. The summed E-state index contributed by atoms with van der Waals surface area (Å²) in [7, 11) is 1.25. The van der Waals surface area contributed by atoms with Gasteiger partial charge in [0.2, 0.25) is 11.5 Å². The van der Waals surface area contributed by atoms with E-state index in [-0.39, 0.29) is 28.9 Å². The van der Waals surface area contributed by atoms with Crippen LogP contribution < -0.4 is 20.7 Å². The molecule has 0 saturated carbocycles. The third kappa shape index (κ3) is 4.56. The van der Waals surface area contributed by atoms with Gasteiger partial charge in [0.15, 0.2) is 24.1 Å². The van der Waals surface area contributed by atoms with Crippen LogP contribution in [0.3, 0.4) is 0 Å². The third-order valence-corrected chi connectivity index (χ3v) is 7.13. The molecule has 0 bridgehead atoms. The Bertz CT molecular complexity index is 1200. The maximum Gasteiger partial charge on any atom is 0.278 e. The van der Waals surface area contributed by atoms with Crippen LogP contribution in [0.25, 0.3) is 0 Å². The highest BCUT2D eigenvalue weighted by Gasteiger charge is 2.53. The molecule has 2 aromatic rings.